The van der Waals surface area contributed by atoms with E-state index in [2.05, 4.69) is 5.32 Å². The van der Waals surface area contributed by atoms with Crippen LogP contribution in [0, 0.1) is 17.0 Å². The molecular formula is C16H16N2O5. The number of anilines is 1. The summed E-state index contributed by atoms with van der Waals surface area (Å²) in [6, 6.07) is 11.1. The average molecular weight is 316 g/mol. The number of rotatable bonds is 6. The van der Waals surface area contributed by atoms with Gasteiger partial charge in [0, 0.05) is 12.1 Å². The number of hydrogen-bond donors (Lipinski definition) is 1. The third kappa shape index (κ3) is 4.44. The van der Waals surface area contributed by atoms with Gasteiger partial charge >= 0.3 is 0 Å². The molecule has 0 fully saturated rings. The van der Waals surface area contributed by atoms with Gasteiger partial charge in [-0.2, -0.15) is 0 Å². The maximum atomic E-state index is 11.9. The second-order valence-electron chi connectivity index (χ2n) is 4.77. The molecule has 1 amide bonds. The highest BCUT2D eigenvalue weighted by molar-refractivity contribution is 5.93. The molecule has 2 aromatic carbocycles. The maximum absolute atomic E-state index is 11.9. The highest BCUT2D eigenvalue weighted by atomic mass is 16.6. The smallest absolute Gasteiger partial charge is 0.271 e. The lowest BCUT2D eigenvalue weighted by atomic mass is 10.2. The number of carbonyl (C=O) groups excluding carboxylic acids is 1. The number of nitro groups is 1. The molecule has 0 saturated carbocycles. The number of nitro benzene ring substituents is 1. The summed E-state index contributed by atoms with van der Waals surface area (Å²) < 4.78 is 10.4. The molecule has 0 heterocycles. The Hall–Kier alpha value is -3.09. The topological polar surface area (TPSA) is 90.7 Å². The maximum Gasteiger partial charge on any atom is 0.271 e. The quantitative estimate of drug-likeness (QED) is 0.653. The van der Waals surface area contributed by atoms with Gasteiger partial charge in [-0.05, 0) is 36.8 Å². The standard InChI is InChI=1S/C16H16N2O5/c1-11-3-4-12(18(20)21)9-15(11)17-16(19)10-23-14-7-5-13(22-2)6-8-14/h3-9H,10H2,1-2H3,(H,17,19). The molecule has 7 heteroatoms. The van der Waals surface area contributed by atoms with E-state index in [0.29, 0.717) is 17.2 Å². The molecule has 0 atom stereocenters. The fourth-order valence-corrected chi connectivity index (χ4v) is 1.87. The number of carbonyl (C=O) groups is 1. The number of nitrogens with zero attached hydrogens (tertiary/aromatic N) is 1. The van der Waals surface area contributed by atoms with Crippen molar-refractivity contribution < 1.29 is 19.2 Å². The minimum atomic E-state index is -0.511. The van der Waals surface area contributed by atoms with Crippen LogP contribution in [0.2, 0.25) is 0 Å². The van der Waals surface area contributed by atoms with Crippen molar-refractivity contribution in [3.05, 3.63) is 58.1 Å². The fourth-order valence-electron chi connectivity index (χ4n) is 1.87. The predicted molar refractivity (Wildman–Crippen MR) is 85.0 cm³/mol. The summed E-state index contributed by atoms with van der Waals surface area (Å²) in [5.74, 6) is 0.815. The van der Waals surface area contributed by atoms with Crippen LogP contribution >= 0.6 is 0 Å². The Morgan fingerprint density at radius 2 is 1.83 bits per heavy atom. The first kappa shape index (κ1) is 16.3. The molecule has 0 spiro atoms. The van der Waals surface area contributed by atoms with Gasteiger partial charge in [0.15, 0.2) is 6.61 Å². The van der Waals surface area contributed by atoms with Gasteiger partial charge in [0.1, 0.15) is 11.5 Å². The number of methoxy groups -OCH3 is 1. The van der Waals surface area contributed by atoms with Crippen LogP contribution in [0.25, 0.3) is 0 Å². The molecule has 0 radical (unpaired) electrons. The summed E-state index contributed by atoms with van der Waals surface area (Å²) >= 11 is 0. The Bertz CT molecular complexity index is 713. The van der Waals surface area contributed by atoms with Crippen molar-refractivity contribution in [1.82, 2.24) is 0 Å². The first-order chi connectivity index (χ1) is 11.0. The van der Waals surface area contributed by atoms with Gasteiger partial charge in [-0.3, -0.25) is 14.9 Å². The van der Waals surface area contributed by atoms with E-state index in [1.165, 1.54) is 12.1 Å². The summed E-state index contributed by atoms with van der Waals surface area (Å²) in [6.07, 6.45) is 0. The molecule has 0 aliphatic heterocycles. The van der Waals surface area contributed by atoms with E-state index in [0.717, 1.165) is 5.56 Å². The Morgan fingerprint density at radius 1 is 1.17 bits per heavy atom. The Morgan fingerprint density at radius 3 is 2.43 bits per heavy atom. The minimum absolute atomic E-state index is 0.0815. The summed E-state index contributed by atoms with van der Waals surface area (Å²) in [5, 5.41) is 13.4. The van der Waals surface area contributed by atoms with Crippen LogP contribution in [0.4, 0.5) is 11.4 Å². The van der Waals surface area contributed by atoms with Gasteiger partial charge in [-0.15, -0.1) is 0 Å². The number of nitrogens with one attached hydrogen (secondary N) is 1. The number of benzene rings is 2. The van der Waals surface area contributed by atoms with Crippen LogP contribution in [0.15, 0.2) is 42.5 Å². The zero-order chi connectivity index (χ0) is 16.8. The SMILES string of the molecule is COc1ccc(OCC(=O)Nc2cc([N+](=O)[O-])ccc2C)cc1. The number of aryl methyl sites for hydroxylation is 1. The molecule has 0 bridgehead atoms. The highest BCUT2D eigenvalue weighted by Gasteiger charge is 2.11. The molecule has 120 valence electrons. The van der Waals surface area contributed by atoms with Crippen LogP contribution in [-0.4, -0.2) is 24.5 Å². The molecule has 0 saturated heterocycles. The van der Waals surface area contributed by atoms with Gasteiger partial charge in [0.2, 0.25) is 0 Å². The minimum Gasteiger partial charge on any atom is -0.497 e. The van der Waals surface area contributed by atoms with Crippen molar-refractivity contribution in [3.8, 4) is 11.5 Å². The summed E-state index contributed by atoms with van der Waals surface area (Å²) in [7, 11) is 1.56. The summed E-state index contributed by atoms with van der Waals surface area (Å²) in [4.78, 5) is 22.2. The van der Waals surface area contributed by atoms with E-state index < -0.39 is 10.8 Å². The van der Waals surface area contributed by atoms with E-state index in [4.69, 9.17) is 9.47 Å². The van der Waals surface area contributed by atoms with Crippen molar-refractivity contribution in [3.63, 3.8) is 0 Å². The van der Waals surface area contributed by atoms with E-state index in [1.807, 2.05) is 0 Å². The highest BCUT2D eigenvalue weighted by Crippen LogP contribution is 2.22. The van der Waals surface area contributed by atoms with Crippen molar-refractivity contribution in [1.29, 1.82) is 0 Å². The van der Waals surface area contributed by atoms with Gasteiger partial charge in [0.25, 0.3) is 11.6 Å². The zero-order valence-electron chi connectivity index (χ0n) is 12.7. The molecule has 2 aromatic rings. The van der Waals surface area contributed by atoms with Crippen molar-refractivity contribution in [2.24, 2.45) is 0 Å². The van der Waals surface area contributed by atoms with E-state index in [1.54, 1.807) is 44.4 Å². The zero-order valence-corrected chi connectivity index (χ0v) is 12.7. The van der Waals surface area contributed by atoms with E-state index in [-0.39, 0.29) is 12.3 Å². The Balaban J connectivity index is 1.96. The van der Waals surface area contributed by atoms with Gasteiger partial charge < -0.3 is 14.8 Å². The number of ether oxygens (including phenoxy) is 2. The third-order valence-electron chi connectivity index (χ3n) is 3.14. The van der Waals surface area contributed by atoms with E-state index in [9.17, 15) is 14.9 Å². The number of non-ortho nitro benzene ring substituents is 1. The van der Waals surface area contributed by atoms with Crippen molar-refractivity contribution in [2.45, 2.75) is 6.92 Å². The lowest BCUT2D eigenvalue weighted by Crippen LogP contribution is -2.20. The molecule has 1 N–H and O–H groups in total. The first-order valence-electron chi connectivity index (χ1n) is 6.81. The molecule has 7 nitrogen and oxygen atoms in total. The molecule has 0 unspecified atom stereocenters. The van der Waals surface area contributed by atoms with Gasteiger partial charge in [-0.25, -0.2) is 0 Å². The molecular weight excluding hydrogens is 300 g/mol. The van der Waals surface area contributed by atoms with Crippen LogP contribution in [0.1, 0.15) is 5.56 Å². The van der Waals surface area contributed by atoms with Crippen LogP contribution in [0.3, 0.4) is 0 Å². The monoisotopic (exact) mass is 316 g/mol. The average Bonchev–Trinajstić information content (AvgIpc) is 2.55. The lowest BCUT2D eigenvalue weighted by molar-refractivity contribution is -0.384. The second kappa shape index (κ2) is 7.26. The Kier molecular flexibility index (Phi) is 5.14. The number of amides is 1. The molecule has 0 aromatic heterocycles. The van der Waals surface area contributed by atoms with Gasteiger partial charge in [-0.1, -0.05) is 6.07 Å². The van der Waals surface area contributed by atoms with Crippen LogP contribution in [-0.2, 0) is 4.79 Å². The van der Waals surface area contributed by atoms with Crippen LogP contribution < -0.4 is 14.8 Å². The predicted octanol–water partition coefficient (Wildman–Crippen LogP) is 2.93. The number of hydrogen-bond acceptors (Lipinski definition) is 5. The molecule has 23 heavy (non-hydrogen) atoms. The molecule has 0 aliphatic carbocycles. The molecule has 2 rings (SSSR count). The van der Waals surface area contributed by atoms with E-state index >= 15 is 0 Å². The third-order valence-corrected chi connectivity index (χ3v) is 3.14. The Labute approximate surface area is 133 Å². The summed E-state index contributed by atoms with van der Waals surface area (Å²) in [6.45, 7) is 1.55. The molecule has 0 aliphatic rings. The first-order valence-corrected chi connectivity index (χ1v) is 6.81. The van der Waals surface area contributed by atoms with Gasteiger partial charge in [0.05, 0.1) is 17.7 Å². The van der Waals surface area contributed by atoms with Crippen molar-refractivity contribution >= 4 is 17.3 Å². The lowest BCUT2D eigenvalue weighted by Gasteiger charge is -2.10. The van der Waals surface area contributed by atoms with Crippen LogP contribution in [0.5, 0.6) is 11.5 Å². The van der Waals surface area contributed by atoms with Crippen molar-refractivity contribution in [2.75, 3.05) is 19.0 Å². The largest absolute Gasteiger partial charge is 0.497 e. The second-order valence-corrected chi connectivity index (χ2v) is 4.77. The summed E-state index contributed by atoms with van der Waals surface area (Å²) in [5.41, 5.74) is 1.04. The fraction of sp³-hybridized carbons (Fsp3) is 0.188. The normalized spacial score (nSPS) is 10.0.